The number of aliphatic hydroxyl groups is 1. The van der Waals surface area contributed by atoms with Gasteiger partial charge in [-0.15, -0.1) is 0 Å². The van der Waals surface area contributed by atoms with E-state index in [0.717, 1.165) is 28.6 Å². The van der Waals surface area contributed by atoms with Crippen LogP contribution >= 0.6 is 0 Å². The Kier molecular flexibility index (Phi) is 6.68. The number of ether oxygens (including phenoxy) is 1. The number of anilines is 3. The van der Waals surface area contributed by atoms with Crippen LogP contribution in [0.4, 0.5) is 17.3 Å². The number of benzene rings is 2. The molecule has 1 aliphatic heterocycles. The molecule has 9 nitrogen and oxygen atoms in total. The summed E-state index contributed by atoms with van der Waals surface area (Å²) in [5.41, 5.74) is 3.79. The van der Waals surface area contributed by atoms with Gasteiger partial charge in [-0.1, -0.05) is 36.9 Å². The summed E-state index contributed by atoms with van der Waals surface area (Å²) in [6.45, 7) is 5.10. The lowest BCUT2D eigenvalue weighted by molar-refractivity contribution is -0.111. The quantitative estimate of drug-likeness (QED) is 0.296. The summed E-state index contributed by atoms with van der Waals surface area (Å²) in [6.07, 6.45) is 4.68. The van der Waals surface area contributed by atoms with Crippen LogP contribution in [0.2, 0.25) is 0 Å². The Balaban J connectivity index is 1.42. The van der Waals surface area contributed by atoms with E-state index in [-0.39, 0.29) is 12.5 Å². The van der Waals surface area contributed by atoms with Crippen LogP contribution in [-0.4, -0.2) is 52.3 Å². The van der Waals surface area contributed by atoms with Crippen LogP contribution in [0.1, 0.15) is 5.69 Å². The monoisotopic (exact) mass is 482 g/mol. The summed E-state index contributed by atoms with van der Waals surface area (Å²) in [4.78, 5) is 25.5. The van der Waals surface area contributed by atoms with Gasteiger partial charge in [0.1, 0.15) is 5.60 Å². The predicted molar refractivity (Wildman–Crippen MR) is 139 cm³/mol. The first-order chi connectivity index (χ1) is 17.6. The zero-order chi connectivity index (χ0) is 25.0. The van der Waals surface area contributed by atoms with E-state index in [0.29, 0.717) is 36.2 Å². The third kappa shape index (κ3) is 4.80. The fraction of sp³-hybridized carbons (Fsp3) is 0.185. The number of rotatable bonds is 7. The maximum atomic E-state index is 11.7. The van der Waals surface area contributed by atoms with Gasteiger partial charge in [0.15, 0.2) is 0 Å². The average Bonchev–Trinajstić information content (AvgIpc) is 2.93. The average molecular weight is 483 g/mol. The van der Waals surface area contributed by atoms with Crippen molar-refractivity contribution in [3.05, 3.63) is 85.3 Å². The van der Waals surface area contributed by atoms with Crippen molar-refractivity contribution in [2.24, 2.45) is 0 Å². The number of pyridine rings is 1. The van der Waals surface area contributed by atoms with Crippen LogP contribution in [0, 0.1) is 0 Å². The molecule has 3 heterocycles. The van der Waals surface area contributed by atoms with Gasteiger partial charge in [0.25, 0.3) is 0 Å². The summed E-state index contributed by atoms with van der Waals surface area (Å²) >= 11 is 0. The third-order valence-corrected chi connectivity index (χ3v) is 6.05. The molecule has 0 saturated carbocycles. The van der Waals surface area contributed by atoms with Gasteiger partial charge in [-0.25, -0.2) is 9.97 Å². The zero-order valence-corrected chi connectivity index (χ0v) is 19.6. The SMILES string of the molecule is C=CC(=O)Nc1cccc(-c2cccc3cnc(Nc4ccc(C5(CO)CNCCO5)nc4)nc23)c1. The molecular weight excluding hydrogens is 456 g/mol. The normalized spacial score (nSPS) is 17.5. The number of amides is 1. The molecule has 1 atom stereocenters. The Labute approximate surface area is 208 Å². The molecule has 0 aliphatic carbocycles. The standard InChI is InChI=1S/C27H26N6O3/c1-2-24(35)31-20-7-3-5-18(13-20)22-8-4-6-19-14-30-26(33-25(19)22)32-21-9-10-23(29-15-21)27(17-34)16-28-11-12-36-27/h2-10,13-15,28,34H,1,11-12,16-17H2,(H,31,35)(H,30,32,33). The van der Waals surface area contributed by atoms with Crippen molar-refractivity contribution >= 4 is 34.1 Å². The van der Waals surface area contributed by atoms with Gasteiger partial charge in [0.2, 0.25) is 11.9 Å². The van der Waals surface area contributed by atoms with Crippen LogP contribution in [0.25, 0.3) is 22.0 Å². The highest BCUT2D eigenvalue weighted by molar-refractivity contribution is 6.00. The number of para-hydroxylation sites is 1. The van der Waals surface area contributed by atoms with Crippen LogP contribution in [0.3, 0.4) is 0 Å². The van der Waals surface area contributed by atoms with Crippen molar-refractivity contribution in [2.75, 3.05) is 36.9 Å². The van der Waals surface area contributed by atoms with Gasteiger partial charge in [-0.3, -0.25) is 9.78 Å². The number of aromatic nitrogens is 3. The highest BCUT2D eigenvalue weighted by Crippen LogP contribution is 2.30. The first-order valence-electron chi connectivity index (χ1n) is 11.6. The summed E-state index contributed by atoms with van der Waals surface area (Å²) in [7, 11) is 0. The summed E-state index contributed by atoms with van der Waals surface area (Å²) in [5, 5.41) is 20.1. The second kappa shape index (κ2) is 10.2. The van der Waals surface area contributed by atoms with E-state index in [4.69, 9.17) is 9.72 Å². The lowest BCUT2D eigenvalue weighted by Crippen LogP contribution is -2.50. The van der Waals surface area contributed by atoms with Crippen molar-refractivity contribution in [3.63, 3.8) is 0 Å². The maximum Gasteiger partial charge on any atom is 0.247 e. The fourth-order valence-corrected chi connectivity index (χ4v) is 4.18. The highest BCUT2D eigenvalue weighted by atomic mass is 16.5. The minimum atomic E-state index is -0.842. The molecule has 2 aromatic heterocycles. The Morgan fingerprint density at radius 3 is 2.78 bits per heavy atom. The molecule has 0 spiro atoms. The molecule has 0 bridgehead atoms. The minimum Gasteiger partial charge on any atom is -0.393 e. The van der Waals surface area contributed by atoms with Gasteiger partial charge in [-0.05, 0) is 35.9 Å². The highest BCUT2D eigenvalue weighted by Gasteiger charge is 2.36. The second-order valence-corrected chi connectivity index (χ2v) is 8.45. The molecule has 1 amide bonds. The topological polar surface area (TPSA) is 121 Å². The molecule has 2 aromatic carbocycles. The lowest BCUT2D eigenvalue weighted by Gasteiger charge is -2.35. The van der Waals surface area contributed by atoms with Gasteiger partial charge in [0.05, 0.1) is 36.3 Å². The summed E-state index contributed by atoms with van der Waals surface area (Å²) < 4.78 is 5.85. The second-order valence-electron chi connectivity index (χ2n) is 8.45. The molecule has 4 N–H and O–H groups in total. The van der Waals surface area contributed by atoms with E-state index < -0.39 is 5.60 Å². The lowest BCUT2D eigenvalue weighted by atomic mass is 9.98. The van der Waals surface area contributed by atoms with Gasteiger partial charge >= 0.3 is 0 Å². The van der Waals surface area contributed by atoms with E-state index in [2.05, 4.69) is 32.5 Å². The summed E-state index contributed by atoms with van der Waals surface area (Å²) in [6, 6.07) is 17.2. The number of fused-ring (bicyclic) bond motifs is 1. The first-order valence-corrected chi connectivity index (χ1v) is 11.6. The molecular formula is C27H26N6O3. The number of hydrogen-bond donors (Lipinski definition) is 4. The zero-order valence-electron chi connectivity index (χ0n) is 19.6. The van der Waals surface area contributed by atoms with E-state index >= 15 is 0 Å². The molecule has 1 fully saturated rings. The van der Waals surface area contributed by atoms with Gasteiger partial charge in [-0.2, -0.15) is 0 Å². The van der Waals surface area contributed by atoms with Crippen LogP contribution in [0.5, 0.6) is 0 Å². The molecule has 5 rings (SSSR count). The van der Waals surface area contributed by atoms with Crippen molar-refractivity contribution in [2.45, 2.75) is 5.60 Å². The summed E-state index contributed by atoms with van der Waals surface area (Å²) in [5.74, 6) is 0.155. The molecule has 9 heteroatoms. The Morgan fingerprint density at radius 2 is 2.03 bits per heavy atom. The maximum absolute atomic E-state index is 11.7. The Bertz CT molecular complexity index is 1400. The number of hydrogen-bond acceptors (Lipinski definition) is 8. The molecule has 1 saturated heterocycles. The number of aliphatic hydroxyl groups excluding tert-OH is 1. The predicted octanol–water partition coefficient (Wildman–Crippen LogP) is 3.37. The Morgan fingerprint density at radius 1 is 1.14 bits per heavy atom. The van der Waals surface area contributed by atoms with Gasteiger partial charge < -0.3 is 25.8 Å². The van der Waals surface area contributed by atoms with Crippen molar-refractivity contribution in [1.82, 2.24) is 20.3 Å². The van der Waals surface area contributed by atoms with Crippen LogP contribution in [0.15, 0.2) is 79.6 Å². The third-order valence-electron chi connectivity index (χ3n) is 6.05. The van der Waals surface area contributed by atoms with Crippen LogP contribution < -0.4 is 16.0 Å². The number of nitrogens with one attached hydrogen (secondary N) is 3. The van der Waals surface area contributed by atoms with Crippen LogP contribution in [-0.2, 0) is 15.1 Å². The Hall–Kier alpha value is -4.18. The fourth-order valence-electron chi connectivity index (χ4n) is 4.18. The largest absolute Gasteiger partial charge is 0.393 e. The van der Waals surface area contributed by atoms with Crippen molar-refractivity contribution in [1.29, 1.82) is 0 Å². The number of nitrogens with zero attached hydrogens (tertiary/aromatic N) is 3. The number of morpholine rings is 1. The molecule has 1 unspecified atom stereocenters. The number of carbonyl (C=O) groups excluding carboxylic acids is 1. The number of carbonyl (C=O) groups is 1. The minimum absolute atomic E-state index is 0.158. The molecule has 1 aliphatic rings. The van der Waals surface area contributed by atoms with E-state index in [1.807, 2.05) is 54.6 Å². The smallest absolute Gasteiger partial charge is 0.247 e. The van der Waals surface area contributed by atoms with E-state index in [1.54, 1.807) is 12.4 Å². The van der Waals surface area contributed by atoms with Crippen molar-refractivity contribution in [3.8, 4) is 11.1 Å². The van der Waals surface area contributed by atoms with E-state index in [1.165, 1.54) is 6.08 Å². The molecule has 4 aromatic rings. The van der Waals surface area contributed by atoms with Gasteiger partial charge in [0, 0.05) is 35.9 Å². The van der Waals surface area contributed by atoms with Crippen molar-refractivity contribution < 1.29 is 14.6 Å². The van der Waals surface area contributed by atoms with E-state index in [9.17, 15) is 9.90 Å². The molecule has 0 radical (unpaired) electrons. The molecule has 36 heavy (non-hydrogen) atoms. The first kappa shape index (κ1) is 23.6. The molecule has 182 valence electrons.